The first-order chi connectivity index (χ1) is 9.01. The second-order valence-electron chi connectivity index (χ2n) is 6.18. The van der Waals surface area contributed by atoms with E-state index in [-0.39, 0.29) is 11.4 Å². The predicted octanol–water partition coefficient (Wildman–Crippen LogP) is 3.36. The average molecular weight is 256 g/mol. The van der Waals surface area contributed by atoms with E-state index in [2.05, 4.69) is 38.6 Å². The number of carbonyl (C=O) groups is 1. The Morgan fingerprint density at radius 2 is 2.16 bits per heavy atom. The van der Waals surface area contributed by atoms with Crippen LogP contribution in [0.4, 0.5) is 0 Å². The normalized spacial score (nSPS) is 29.5. The van der Waals surface area contributed by atoms with Gasteiger partial charge in [0.05, 0.1) is 12.0 Å². The number of carbonyl (C=O) groups excluding carboxylic acids is 1. The third kappa shape index (κ3) is 1.90. The van der Waals surface area contributed by atoms with Crippen LogP contribution in [0, 0.1) is 25.2 Å². The Hall–Kier alpha value is -1.57. The molecule has 100 valence electrons. The zero-order valence-electron chi connectivity index (χ0n) is 11.7. The van der Waals surface area contributed by atoms with Crippen molar-refractivity contribution >= 4 is 5.97 Å². The molecule has 1 aromatic rings. The molecule has 0 radical (unpaired) electrons. The van der Waals surface area contributed by atoms with E-state index in [1.165, 1.54) is 22.3 Å². The van der Waals surface area contributed by atoms with Crippen molar-refractivity contribution in [1.29, 1.82) is 0 Å². The Morgan fingerprint density at radius 1 is 1.37 bits per heavy atom. The number of esters is 1. The van der Waals surface area contributed by atoms with Crippen LogP contribution >= 0.6 is 0 Å². The Labute approximate surface area is 114 Å². The summed E-state index contributed by atoms with van der Waals surface area (Å²) in [5.74, 6) is 0.309. The molecular weight excluding hydrogens is 236 g/mol. The lowest BCUT2D eigenvalue weighted by Gasteiger charge is -2.24. The molecule has 1 aromatic carbocycles. The SMILES string of the molecule is C=C1CC2COC(=O)C2(Cc2ccc(C)c(C)c2)C1. The highest BCUT2D eigenvalue weighted by atomic mass is 16.5. The number of rotatable bonds is 2. The van der Waals surface area contributed by atoms with E-state index in [1.807, 2.05) is 0 Å². The molecule has 2 nitrogen and oxygen atoms in total. The smallest absolute Gasteiger partial charge is 0.313 e. The summed E-state index contributed by atoms with van der Waals surface area (Å²) in [4.78, 5) is 12.2. The summed E-state index contributed by atoms with van der Waals surface area (Å²) in [5, 5.41) is 0. The molecule has 3 rings (SSSR count). The first-order valence-electron chi connectivity index (χ1n) is 6.91. The van der Waals surface area contributed by atoms with Crippen LogP contribution in [0.15, 0.2) is 30.4 Å². The summed E-state index contributed by atoms with van der Waals surface area (Å²) in [6, 6.07) is 6.48. The van der Waals surface area contributed by atoms with E-state index < -0.39 is 0 Å². The maximum atomic E-state index is 12.2. The number of benzene rings is 1. The van der Waals surface area contributed by atoms with Crippen molar-refractivity contribution in [3.8, 4) is 0 Å². The molecule has 2 aliphatic rings. The fourth-order valence-electron chi connectivity index (χ4n) is 3.54. The van der Waals surface area contributed by atoms with Crippen molar-refractivity contribution in [3.05, 3.63) is 47.0 Å². The van der Waals surface area contributed by atoms with Crippen molar-refractivity contribution in [2.75, 3.05) is 6.61 Å². The topological polar surface area (TPSA) is 26.3 Å². The third-order valence-corrected chi connectivity index (χ3v) is 4.80. The van der Waals surface area contributed by atoms with Crippen LogP contribution in [0.1, 0.15) is 29.5 Å². The van der Waals surface area contributed by atoms with Gasteiger partial charge in [-0.25, -0.2) is 0 Å². The van der Waals surface area contributed by atoms with Gasteiger partial charge in [-0.3, -0.25) is 4.79 Å². The maximum Gasteiger partial charge on any atom is 0.313 e. The van der Waals surface area contributed by atoms with Crippen molar-refractivity contribution in [1.82, 2.24) is 0 Å². The van der Waals surface area contributed by atoms with E-state index in [0.717, 1.165) is 19.3 Å². The van der Waals surface area contributed by atoms with Crippen LogP contribution < -0.4 is 0 Å². The largest absolute Gasteiger partial charge is 0.465 e. The molecule has 19 heavy (non-hydrogen) atoms. The zero-order chi connectivity index (χ0) is 13.6. The molecule has 1 heterocycles. The number of ether oxygens (including phenoxy) is 1. The van der Waals surface area contributed by atoms with Crippen molar-refractivity contribution in [2.24, 2.45) is 11.3 Å². The summed E-state index contributed by atoms with van der Waals surface area (Å²) < 4.78 is 5.32. The molecule has 1 saturated heterocycles. The highest BCUT2D eigenvalue weighted by Crippen LogP contribution is 2.52. The van der Waals surface area contributed by atoms with Gasteiger partial charge < -0.3 is 4.74 Å². The number of allylic oxidation sites excluding steroid dienone is 1. The molecule has 0 N–H and O–H groups in total. The van der Waals surface area contributed by atoms with Crippen LogP contribution in [0.2, 0.25) is 0 Å². The van der Waals surface area contributed by atoms with E-state index in [0.29, 0.717) is 12.5 Å². The van der Waals surface area contributed by atoms with E-state index in [1.54, 1.807) is 0 Å². The molecule has 2 fully saturated rings. The van der Waals surface area contributed by atoms with Gasteiger partial charge in [-0.15, -0.1) is 0 Å². The Bertz CT molecular complexity index is 558. The molecule has 2 heteroatoms. The average Bonchev–Trinajstić information content (AvgIpc) is 2.81. The highest BCUT2D eigenvalue weighted by Gasteiger charge is 2.55. The minimum Gasteiger partial charge on any atom is -0.465 e. The van der Waals surface area contributed by atoms with Crippen LogP contribution in [-0.4, -0.2) is 12.6 Å². The second-order valence-corrected chi connectivity index (χ2v) is 6.18. The molecule has 1 aliphatic heterocycles. The first-order valence-corrected chi connectivity index (χ1v) is 6.91. The van der Waals surface area contributed by atoms with Crippen molar-refractivity contribution < 1.29 is 9.53 Å². The number of cyclic esters (lactones) is 1. The van der Waals surface area contributed by atoms with Crippen LogP contribution in [0.3, 0.4) is 0 Å². The molecular formula is C17H20O2. The van der Waals surface area contributed by atoms with E-state index in [4.69, 9.17) is 4.74 Å². The Balaban J connectivity index is 1.93. The van der Waals surface area contributed by atoms with Gasteiger partial charge in [0.15, 0.2) is 0 Å². The van der Waals surface area contributed by atoms with Crippen LogP contribution in [0.25, 0.3) is 0 Å². The quantitative estimate of drug-likeness (QED) is 0.599. The fourth-order valence-corrected chi connectivity index (χ4v) is 3.54. The molecule has 1 aliphatic carbocycles. The molecule has 2 atom stereocenters. The molecule has 0 amide bonds. The van der Waals surface area contributed by atoms with Gasteiger partial charge in [-0.2, -0.15) is 0 Å². The number of hydrogen-bond donors (Lipinski definition) is 0. The van der Waals surface area contributed by atoms with Gasteiger partial charge in [0, 0.05) is 5.92 Å². The molecule has 0 bridgehead atoms. The third-order valence-electron chi connectivity index (χ3n) is 4.80. The number of aryl methyl sites for hydroxylation is 2. The Morgan fingerprint density at radius 3 is 2.89 bits per heavy atom. The summed E-state index contributed by atoms with van der Waals surface area (Å²) in [7, 11) is 0. The van der Waals surface area contributed by atoms with E-state index >= 15 is 0 Å². The van der Waals surface area contributed by atoms with Crippen LogP contribution in [0.5, 0.6) is 0 Å². The number of hydrogen-bond acceptors (Lipinski definition) is 2. The van der Waals surface area contributed by atoms with Crippen molar-refractivity contribution in [2.45, 2.75) is 33.1 Å². The number of fused-ring (bicyclic) bond motifs is 1. The standard InChI is InChI=1S/C17H20O2/c1-11-6-15-10-19-16(18)17(15,8-11)9-14-5-4-12(2)13(3)7-14/h4-5,7,15H,1,6,8-10H2,2-3H3. The van der Waals surface area contributed by atoms with Crippen LogP contribution in [-0.2, 0) is 16.0 Å². The first kappa shape index (κ1) is 12.5. The monoisotopic (exact) mass is 256 g/mol. The van der Waals surface area contributed by atoms with Gasteiger partial charge >= 0.3 is 5.97 Å². The van der Waals surface area contributed by atoms with Gasteiger partial charge in [0.1, 0.15) is 0 Å². The van der Waals surface area contributed by atoms with Crippen molar-refractivity contribution in [3.63, 3.8) is 0 Å². The lowest BCUT2D eigenvalue weighted by Crippen LogP contribution is -2.31. The lowest BCUT2D eigenvalue weighted by molar-refractivity contribution is -0.146. The fraction of sp³-hybridized carbons (Fsp3) is 0.471. The van der Waals surface area contributed by atoms with Gasteiger partial charge in [-0.05, 0) is 49.8 Å². The van der Waals surface area contributed by atoms with Gasteiger partial charge in [0.25, 0.3) is 0 Å². The summed E-state index contributed by atoms with van der Waals surface area (Å²) in [5.41, 5.74) is 4.68. The molecule has 0 spiro atoms. The van der Waals surface area contributed by atoms with E-state index in [9.17, 15) is 4.79 Å². The van der Waals surface area contributed by atoms with Gasteiger partial charge in [0.2, 0.25) is 0 Å². The highest BCUT2D eigenvalue weighted by molar-refractivity contribution is 5.81. The summed E-state index contributed by atoms with van der Waals surface area (Å²) in [6.45, 7) is 8.89. The van der Waals surface area contributed by atoms with Gasteiger partial charge in [-0.1, -0.05) is 30.4 Å². The minimum atomic E-state index is -0.335. The molecule has 2 unspecified atom stereocenters. The Kier molecular flexibility index (Phi) is 2.77. The molecule has 0 aromatic heterocycles. The predicted molar refractivity (Wildman–Crippen MR) is 74.9 cm³/mol. The summed E-state index contributed by atoms with van der Waals surface area (Å²) in [6.07, 6.45) is 2.52. The molecule has 1 saturated carbocycles. The zero-order valence-corrected chi connectivity index (χ0v) is 11.7. The second kappa shape index (κ2) is 4.22. The summed E-state index contributed by atoms with van der Waals surface area (Å²) >= 11 is 0. The maximum absolute atomic E-state index is 12.2. The minimum absolute atomic E-state index is 0.0191. The lowest BCUT2D eigenvalue weighted by atomic mass is 9.75.